The molecule has 2 fully saturated rings. The minimum absolute atomic E-state index is 0.00670. The molecule has 0 aromatic rings. The van der Waals surface area contributed by atoms with Gasteiger partial charge in [0.05, 0.1) is 6.54 Å². The molecule has 2 aliphatic rings. The Morgan fingerprint density at radius 2 is 1.89 bits per heavy atom. The van der Waals surface area contributed by atoms with Crippen LogP contribution in [0.1, 0.15) is 25.7 Å². The van der Waals surface area contributed by atoms with Crippen LogP contribution in [0.4, 0.5) is 0 Å². The Morgan fingerprint density at radius 1 is 1.28 bits per heavy atom. The fourth-order valence-corrected chi connectivity index (χ4v) is 3.16. The van der Waals surface area contributed by atoms with E-state index < -0.39 is 0 Å². The second kappa shape index (κ2) is 6.07. The van der Waals surface area contributed by atoms with Crippen LogP contribution >= 0.6 is 0 Å². The van der Waals surface area contributed by atoms with Crippen LogP contribution in [0.2, 0.25) is 0 Å². The molecule has 1 saturated heterocycles. The van der Waals surface area contributed by atoms with Crippen LogP contribution in [-0.4, -0.2) is 50.5 Å². The molecule has 0 radical (unpaired) electrons. The smallest absolute Gasteiger partial charge is 0.239 e. The average Bonchev–Trinajstić information content (AvgIpc) is 2.82. The van der Waals surface area contributed by atoms with Gasteiger partial charge in [-0.3, -0.25) is 9.79 Å². The molecular formula is C13H24N4O. The van der Waals surface area contributed by atoms with Crippen molar-refractivity contribution in [1.82, 2.24) is 15.5 Å². The van der Waals surface area contributed by atoms with Gasteiger partial charge in [0.25, 0.3) is 0 Å². The highest BCUT2D eigenvalue weighted by Gasteiger charge is 2.35. The fraction of sp³-hybridized carbons (Fsp3) is 0.846. The zero-order valence-electron chi connectivity index (χ0n) is 11.4. The van der Waals surface area contributed by atoms with Gasteiger partial charge in [-0.25, -0.2) is 0 Å². The number of nitrogens with zero attached hydrogens (tertiary/aromatic N) is 2. The molecule has 1 amide bonds. The molecule has 5 heteroatoms. The molecule has 2 atom stereocenters. The normalized spacial score (nSPS) is 27.9. The van der Waals surface area contributed by atoms with Gasteiger partial charge in [0, 0.05) is 27.2 Å². The predicted octanol–water partition coefficient (Wildman–Crippen LogP) is 0.430. The lowest BCUT2D eigenvalue weighted by molar-refractivity contribution is -0.119. The summed E-state index contributed by atoms with van der Waals surface area (Å²) in [5.74, 6) is 2.52. The summed E-state index contributed by atoms with van der Waals surface area (Å²) in [6.07, 6.45) is 5.46. The largest absolute Gasteiger partial charge is 0.358 e. The Labute approximate surface area is 109 Å². The first kappa shape index (κ1) is 13.2. The summed E-state index contributed by atoms with van der Waals surface area (Å²) in [4.78, 5) is 17.8. The maximum absolute atomic E-state index is 11.3. The summed E-state index contributed by atoms with van der Waals surface area (Å²) in [6.45, 7) is 2.49. The summed E-state index contributed by atoms with van der Waals surface area (Å²) < 4.78 is 0. The third kappa shape index (κ3) is 2.94. The van der Waals surface area contributed by atoms with E-state index >= 15 is 0 Å². The maximum atomic E-state index is 11.3. The molecule has 5 nitrogen and oxygen atoms in total. The van der Waals surface area contributed by atoms with Crippen LogP contribution in [0.5, 0.6) is 0 Å². The van der Waals surface area contributed by atoms with Gasteiger partial charge in [-0.1, -0.05) is 12.8 Å². The lowest BCUT2D eigenvalue weighted by Gasteiger charge is -2.22. The van der Waals surface area contributed by atoms with Crippen molar-refractivity contribution in [2.45, 2.75) is 25.7 Å². The predicted molar refractivity (Wildman–Crippen MR) is 72.4 cm³/mol. The Kier molecular flexibility index (Phi) is 4.44. The van der Waals surface area contributed by atoms with E-state index in [9.17, 15) is 4.79 Å². The second-order valence-corrected chi connectivity index (χ2v) is 5.28. The van der Waals surface area contributed by atoms with Crippen molar-refractivity contribution in [3.05, 3.63) is 0 Å². The van der Waals surface area contributed by atoms with E-state index in [4.69, 9.17) is 0 Å². The summed E-state index contributed by atoms with van der Waals surface area (Å²) in [7, 11) is 3.44. The van der Waals surface area contributed by atoms with Crippen molar-refractivity contribution in [2.24, 2.45) is 16.8 Å². The number of carbonyl (C=O) groups is 1. The monoisotopic (exact) mass is 252 g/mol. The molecule has 18 heavy (non-hydrogen) atoms. The van der Waals surface area contributed by atoms with Crippen molar-refractivity contribution in [1.29, 1.82) is 0 Å². The summed E-state index contributed by atoms with van der Waals surface area (Å²) in [5, 5.41) is 5.75. The summed E-state index contributed by atoms with van der Waals surface area (Å²) >= 11 is 0. The van der Waals surface area contributed by atoms with Crippen molar-refractivity contribution >= 4 is 11.9 Å². The van der Waals surface area contributed by atoms with Gasteiger partial charge in [-0.15, -0.1) is 0 Å². The van der Waals surface area contributed by atoms with E-state index in [1.165, 1.54) is 25.7 Å². The van der Waals surface area contributed by atoms with Crippen LogP contribution in [0.25, 0.3) is 0 Å². The van der Waals surface area contributed by atoms with E-state index in [1.54, 1.807) is 14.1 Å². The third-order valence-electron chi connectivity index (χ3n) is 4.17. The lowest BCUT2D eigenvalue weighted by atomic mass is 9.82. The molecule has 1 aliphatic heterocycles. The molecular weight excluding hydrogens is 228 g/mol. The minimum atomic E-state index is -0.00670. The number of likely N-dealkylation sites (N-methyl/N-ethyl adjacent to an activating group) is 1. The first-order chi connectivity index (χ1) is 8.74. The fourth-order valence-electron chi connectivity index (χ4n) is 3.16. The Hall–Kier alpha value is -1.26. The maximum Gasteiger partial charge on any atom is 0.239 e. The van der Waals surface area contributed by atoms with Gasteiger partial charge in [0.1, 0.15) is 0 Å². The first-order valence-corrected chi connectivity index (χ1v) is 6.90. The van der Waals surface area contributed by atoms with Crippen LogP contribution in [0.3, 0.4) is 0 Å². The lowest BCUT2D eigenvalue weighted by Crippen LogP contribution is -2.44. The first-order valence-electron chi connectivity index (χ1n) is 6.90. The summed E-state index contributed by atoms with van der Waals surface area (Å²) in [6, 6.07) is 0. The highest BCUT2D eigenvalue weighted by Crippen LogP contribution is 2.35. The number of hydrogen-bond donors (Lipinski definition) is 2. The SMILES string of the molecule is CN=C(NCC(=O)NC)N1CC2CCCCC2C1. The number of carbonyl (C=O) groups excluding carboxylic acids is 1. The van der Waals surface area contributed by atoms with Crippen LogP contribution in [-0.2, 0) is 4.79 Å². The van der Waals surface area contributed by atoms with Crippen molar-refractivity contribution < 1.29 is 4.79 Å². The van der Waals surface area contributed by atoms with E-state index in [-0.39, 0.29) is 5.91 Å². The molecule has 2 unspecified atom stereocenters. The van der Waals surface area contributed by atoms with Gasteiger partial charge in [-0.05, 0) is 24.7 Å². The second-order valence-electron chi connectivity index (χ2n) is 5.28. The highest BCUT2D eigenvalue weighted by molar-refractivity contribution is 5.86. The van der Waals surface area contributed by atoms with Gasteiger partial charge >= 0.3 is 0 Å². The number of nitrogens with one attached hydrogen (secondary N) is 2. The molecule has 102 valence electrons. The Balaban J connectivity index is 1.87. The molecule has 1 saturated carbocycles. The number of hydrogen-bond acceptors (Lipinski definition) is 2. The Morgan fingerprint density at radius 3 is 2.39 bits per heavy atom. The van der Waals surface area contributed by atoms with E-state index in [0.29, 0.717) is 6.54 Å². The van der Waals surface area contributed by atoms with Crippen molar-refractivity contribution in [2.75, 3.05) is 33.7 Å². The van der Waals surface area contributed by atoms with Crippen LogP contribution in [0, 0.1) is 11.8 Å². The average molecular weight is 252 g/mol. The van der Waals surface area contributed by atoms with E-state index in [0.717, 1.165) is 30.9 Å². The topological polar surface area (TPSA) is 56.7 Å². The molecule has 2 N–H and O–H groups in total. The van der Waals surface area contributed by atoms with Crippen molar-refractivity contribution in [3.8, 4) is 0 Å². The van der Waals surface area contributed by atoms with E-state index in [1.807, 2.05) is 0 Å². The molecule has 0 aromatic heterocycles. The minimum Gasteiger partial charge on any atom is -0.358 e. The van der Waals surface area contributed by atoms with Crippen LogP contribution in [0.15, 0.2) is 4.99 Å². The molecule has 1 aliphatic carbocycles. The summed E-state index contributed by atoms with van der Waals surface area (Å²) in [5.41, 5.74) is 0. The highest BCUT2D eigenvalue weighted by atomic mass is 16.1. The third-order valence-corrected chi connectivity index (χ3v) is 4.17. The Bertz CT molecular complexity index is 315. The quantitative estimate of drug-likeness (QED) is 0.553. The molecule has 0 aromatic carbocycles. The van der Waals surface area contributed by atoms with Gasteiger partial charge in [0.15, 0.2) is 5.96 Å². The van der Waals surface area contributed by atoms with Crippen molar-refractivity contribution in [3.63, 3.8) is 0 Å². The van der Waals surface area contributed by atoms with Gasteiger partial charge < -0.3 is 15.5 Å². The van der Waals surface area contributed by atoms with Gasteiger partial charge in [0.2, 0.25) is 5.91 Å². The van der Waals surface area contributed by atoms with Crippen LogP contribution < -0.4 is 10.6 Å². The molecule has 0 bridgehead atoms. The zero-order valence-corrected chi connectivity index (χ0v) is 11.4. The number of rotatable bonds is 2. The molecule has 2 rings (SSSR count). The van der Waals surface area contributed by atoms with Gasteiger partial charge in [-0.2, -0.15) is 0 Å². The van der Waals surface area contributed by atoms with E-state index in [2.05, 4.69) is 20.5 Å². The number of guanidine groups is 1. The molecule has 0 spiro atoms. The number of fused-ring (bicyclic) bond motifs is 1. The zero-order chi connectivity index (χ0) is 13.0. The standard InChI is InChI=1S/C13H24N4O/c1-14-12(18)7-16-13(15-2)17-8-10-5-3-4-6-11(10)9-17/h10-11H,3-9H2,1-2H3,(H,14,18)(H,15,16). The number of likely N-dealkylation sites (tertiary alicyclic amines) is 1. The molecule has 1 heterocycles. The number of aliphatic imine (C=N–C) groups is 1. The number of amides is 1.